The van der Waals surface area contributed by atoms with Gasteiger partial charge in [-0.15, -0.1) is 0 Å². The molecule has 0 saturated carbocycles. The average molecular weight is 281 g/mol. The highest BCUT2D eigenvalue weighted by atomic mass is 32.2. The molecule has 108 valence electrons. The second-order valence-corrected chi connectivity index (χ2v) is 7.65. The highest BCUT2D eigenvalue weighted by Crippen LogP contribution is 2.24. The van der Waals surface area contributed by atoms with Crippen LogP contribution in [0.2, 0.25) is 0 Å². The van der Waals surface area contributed by atoms with E-state index in [4.69, 9.17) is 0 Å². The van der Waals surface area contributed by atoms with Gasteiger partial charge >= 0.3 is 0 Å². The van der Waals surface area contributed by atoms with Crippen LogP contribution in [0.4, 0.5) is 0 Å². The molecule has 0 spiro atoms. The van der Waals surface area contributed by atoms with Gasteiger partial charge in [0.05, 0.1) is 0 Å². The Labute approximate surface area is 120 Å². The van der Waals surface area contributed by atoms with E-state index in [0.29, 0.717) is 0 Å². The summed E-state index contributed by atoms with van der Waals surface area (Å²) in [7, 11) is -0.710. The third-order valence-electron chi connectivity index (χ3n) is 3.22. The Balaban J connectivity index is 2.74. The van der Waals surface area contributed by atoms with Crippen molar-refractivity contribution in [2.24, 2.45) is 0 Å². The fraction of sp³-hybridized carbons (Fsp3) is 0.625. The van der Waals surface area contributed by atoms with Crippen molar-refractivity contribution in [1.29, 1.82) is 0 Å². The lowest BCUT2D eigenvalue weighted by Gasteiger charge is -2.21. The van der Waals surface area contributed by atoms with Crippen molar-refractivity contribution in [3.05, 3.63) is 34.9 Å². The van der Waals surface area contributed by atoms with Gasteiger partial charge in [-0.3, -0.25) is 4.21 Å². The van der Waals surface area contributed by atoms with Crippen molar-refractivity contribution < 1.29 is 4.21 Å². The van der Waals surface area contributed by atoms with E-state index in [0.717, 1.165) is 25.3 Å². The Kier molecular flexibility index (Phi) is 6.21. The van der Waals surface area contributed by atoms with Gasteiger partial charge in [-0.1, -0.05) is 45.9 Å². The molecule has 0 radical (unpaired) electrons. The third kappa shape index (κ3) is 5.87. The highest BCUT2D eigenvalue weighted by molar-refractivity contribution is 7.84. The van der Waals surface area contributed by atoms with E-state index >= 15 is 0 Å². The Morgan fingerprint density at radius 1 is 1.16 bits per heavy atom. The minimum absolute atomic E-state index is 0.185. The van der Waals surface area contributed by atoms with Gasteiger partial charge in [-0.05, 0) is 28.5 Å². The van der Waals surface area contributed by atoms with Crippen LogP contribution in [-0.2, 0) is 29.2 Å². The summed E-state index contributed by atoms with van der Waals surface area (Å²) in [6, 6.07) is 6.87. The lowest BCUT2D eigenvalue weighted by atomic mass is 9.84. The molecule has 0 aliphatic heterocycles. The molecule has 19 heavy (non-hydrogen) atoms. The van der Waals surface area contributed by atoms with Crippen LogP contribution >= 0.6 is 0 Å². The molecule has 0 heterocycles. The van der Waals surface area contributed by atoms with E-state index in [1.165, 1.54) is 16.7 Å². The summed E-state index contributed by atoms with van der Waals surface area (Å²) in [6.45, 7) is 10.6. The van der Waals surface area contributed by atoms with E-state index in [9.17, 15) is 4.21 Å². The fourth-order valence-corrected chi connectivity index (χ4v) is 2.38. The van der Waals surface area contributed by atoms with E-state index in [-0.39, 0.29) is 5.41 Å². The van der Waals surface area contributed by atoms with Crippen molar-refractivity contribution in [3.63, 3.8) is 0 Å². The SMILES string of the molecule is CCc1cc(CNCCS(C)=O)cc(C(C)(C)C)c1. The Bertz CT molecular complexity index is 435. The van der Waals surface area contributed by atoms with Crippen molar-refractivity contribution in [3.8, 4) is 0 Å². The van der Waals surface area contributed by atoms with Crippen LogP contribution in [0.3, 0.4) is 0 Å². The van der Waals surface area contributed by atoms with Gasteiger partial charge in [-0.2, -0.15) is 0 Å². The van der Waals surface area contributed by atoms with Crippen LogP contribution in [0, 0.1) is 0 Å². The third-order valence-corrected chi connectivity index (χ3v) is 4.00. The quantitative estimate of drug-likeness (QED) is 0.812. The number of nitrogens with one attached hydrogen (secondary N) is 1. The molecule has 1 unspecified atom stereocenters. The van der Waals surface area contributed by atoms with Crippen LogP contribution in [-0.4, -0.2) is 22.8 Å². The van der Waals surface area contributed by atoms with Gasteiger partial charge in [0.1, 0.15) is 0 Å². The Hall–Kier alpha value is -0.670. The normalized spacial score (nSPS) is 13.5. The van der Waals surface area contributed by atoms with Gasteiger partial charge in [0.25, 0.3) is 0 Å². The molecule has 0 amide bonds. The Morgan fingerprint density at radius 3 is 2.32 bits per heavy atom. The summed E-state index contributed by atoms with van der Waals surface area (Å²) in [5, 5.41) is 3.37. The van der Waals surface area contributed by atoms with E-state index in [2.05, 4.69) is 51.2 Å². The molecule has 2 nitrogen and oxygen atoms in total. The van der Waals surface area contributed by atoms with E-state index < -0.39 is 10.8 Å². The summed E-state index contributed by atoms with van der Waals surface area (Å²) >= 11 is 0. The van der Waals surface area contributed by atoms with E-state index in [1.54, 1.807) is 6.26 Å². The first-order chi connectivity index (χ1) is 8.82. The smallest absolute Gasteiger partial charge is 0.0357 e. The van der Waals surface area contributed by atoms with Gasteiger partial charge in [0.15, 0.2) is 0 Å². The van der Waals surface area contributed by atoms with Crippen molar-refractivity contribution >= 4 is 10.8 Å². The number of benzene rings is 1. The minimum Gasteiger partial charge on any atom is -0.312 e. The van der Waals surface area contributed by atoms with Crippen LogP contribution in [0.15, 0.2) is 18.2 Å². The van der Waals surface area contributed by atoms with Crippen LogP contribution < -0.4 is 5.32 Å². The molecule has 1 aromatic carbocycles. The predicted molar refractivity (Wildman–Crippen MR) is 85.2 cm³/mol. The summed E-state index contributed by atoms with van der Waals surface area (Å²) in [5.74, 6) is 0.722. The highest BCUT2D eigenvalue weighted by Gasteiger charge is 2.14. The van der Waals surface area contributed by atoms with Crippen molar-refractivity contribution in [2.75, 3.05) is 18.6 Å². The molecule has 0 aromatic heterocycles. The number of rotatable bonds is 6. The molecular formula is C16H27NOS. The largest absolute Gasteiger partial charge is 0.312 e. The van der Waals surface area contributed by atoms with Gasteiger partial charge in [-0.25, -0.2) is 0 Å². The molecule has 3 heteroatoms. The maximum atomic E-state index is 11.0. The molecular weight excluding hydrogens is 254 g/mol. The minimum atomic E-state index is -0.710. The van der Waals surface area contributed by atoms with Crippen molar-refractivity contribution in [1.82, 2.24) is 5.32 Å². The zero-order valence-electron chi connectivity index (χ0n) is 12.9. The molecule has 0 aliphatic carbocycles. The average Bonchev–Trinajstić information content (AvgIpc) is 2.33. The summed E-state index contributed by atoms with van der Waals surface area (Å²) < 4.78 is 11.0. The molecule has 0 fully saturated rings. The second kappa shape index (κ2) is 7.20. The van der Waals surface area contributed by atoms with Crippen LogP contribution in [0.25, 0.3) is 0 Å². The first-order valence-corrected chi connectivity index (χ1v) is 8.69. The molecule has 0 aliphatic rings. The van der Waals surface area contributed by atoms with Crippen molar-refractivity contribution in [2.45, 2.75) is 46.1 Å². The lowest BCUT2D eigenvalue weighted by Crippen LogP contribution is -2.20. The van der Waals surface area contributed by atoms with Crippen LogP contribution in [0.1, 0.15) is 44.4 Å². The molecule has 0 saturated heterocycles. The molecule has 1 aromatic rings. The monoisotopic (exact) mass is 281 g/mol. The fourth-order valence-electron chi connectivity index (χ4n) is 1.95. The predicted octanol–water partition coefficient (Wildman–Crippen LogP) is 3.01. The molecule has 1 N–H and O–H groups in total. The summed E-state index contributed by atoms with van der Waals surface area (Å²) in [4.78, 5) is 0. The van der Waals surface area contributed by atoms with Gasteiger partial charge in [0.2, 0.25) is 0 Å². The van der Waals surface area contributed by atoms with Crippen LogP contribution in [0.5, 0.6) is 0 Å². The van der Waals surface area contributed by atoms with E-state index in [1.807, 2.05) is 0 Å². The summed E-state index contributed by atoms with van der Waals surface area (Å²) in [6.07, 6.45) is 2.81. The number of hydrogen-bond donors (Lipinski definition) is 1. The zero-order chi connectivity index (χ0) is 14.5. The molecule has 1 atom stereocenters. The maximum Gasteiger partial charge on any atom is 0.0357 e. The first-order valence-electron chi connectivity index (χ1n) is 6.97. The number of aryl methyl sites for hydroxylation is 1. The lowest BCUT2D eigenvalue weighted by molar-refractivity contribution is 0.587. The maximum absolute atomic E-state index is 11.0. The molecule has 0 bridgehead atoms. The van der Waals surface area contributed by atoms with Gasteiger partial charge < -0.3 is 5.32 Å². The summed E-state index contributed by atoms with van der Waals surface area (Å²) in [5.41, 5.74) is 4.29. The number of hydrogen-bond acceptors (Lipinski definition) is 2. The van der Waals surface area contributed by atoms with Gasteiger partial charge in [0, 0.05) is 35.9 Å². The Morgan fingerprint density at radius 2 is 1.79 bits per heavy atom. The molecule has 1 rings (SSSR count). The zero-order valence-corrected chi connectivity index (χ0v) is 13.7. The first kappa shape index (κ1) is 16.4. The second-order valence-electron chi connectivity index (χ2n) is 6.10. The topological polar surface area (TPSA) is 29.1 Å². The standard InChI is InChI=1S/C16H27NOS/c1-6-13-9-14(12-17-7-8-19(5)18)11-15(10-13)16(2,3)4/h9-11,17H,6-8,12H2,1-5H3.